The fraction of sp³-hybridized carbons (Fsp3) is 0.500. The minimum Gasteiger partial charge on any atom is -0.494 e. The second kappa shape index (κ2) is 6.02. The zero-order valence-corrected chi connectivity index (χ0v) is 11.3. The molecule has 0 saturated carbocycles. The standard InChI is InChI=1S/C14H19FN2O2/c1-17-7-3-4-11(9-17)16-14(18)10-5-6-13(19-2)12(15)8-10/h5-6,8,11H,3-4,7,9H2,1-2H3,(H,16,18)/t11-/m1/s1. The van der Waals surface area contributed by atoms with E-state index in [1.54, 1.807) is 6.07 Å². The molecule has 1 aliphatic heterocycles. The van der Waals surface area contributed by atoms with E-state index in [-0.39, 0.29) is 17.7 Å². The van der Waals surface area contributed by atoms with Crippen LogP contribution in [0.3, 0.4) is 0 Å². The highest BCUT2D eigenvalue weighted by Gasteiger charge is 2.20. The van der Waals surface area contributed by atoms with Gasteiger partial charge in [-0.25, -0.2) is 4.39 Å². The van der Waals surface area contributed by atoms with E-state index in [4.69, 9.17) is 4.74 Å². The second-order valence-electron chi connectivity index (χ2n) is 4.92. The third kappa shape index (κ3) is 3.44. The number of rotatable bonds is 3. The van der Waals surface area contributed by atoms with Gasteiger partial charge >= 0.3 is 0 Å². The number of nitrogens with zero attached hydrogens (tertiary/aromatic N) is 1. The number of likely N-dealkylation sites (N-methyl/N-ethyl adjacent to an activating group) is 1. The van der Waals surface area contributed by atoms with E-state index in [0.717, 1.165) is 25.9 Å². The van der Waals surface area contributed by atoms with E-state index in [9.17, 15) is 9.18 Å². The molecule has 1 amide bonds. The van der Waals surface area contributed by atoms with E-state index in [1.807, 2.05) is 7.05 Å². The first-order valence-corrected chi connectivity index (χ1v) is 6.43. The summed E-state index contributed by atoms with van der Waals surface area (Å²) in [5.41, 5.74) is 0.325. The summed E-state index contributed by atoms with van der Waals surface area (Å²) >= 11 is 0. The number of carbonyl (C=O) groups excluding carboxylic acids is 1. The smallest absolute Gasteiger partial charge is 0.251 e. The molecule has 0 aliphatic carbocycles. The van der Waals surface area contributed by atoms with Crippen molar-refractivity contribution >= 4 is 5.91 Å². The first kappa shape index (κ1) is 13.8. The van der Waals surface area contributed by atoms with Gasteiger partial charge in [0.25, 0.3) is 5.91 Å². The number of amides is 1. The van der Waals surface area contributed by atoms with Crippen molar-refractivity contribution in [3.05, 3.63) is 29.6 Å². The lowest BCUT2D eigenvalue weighted by Gasteiger charge is -2.30. The monoisotopic (exact) mass is 266 g/mol. The maximum Gasteiger partial charge on any atom is 0.251 e. The van der Waals surface area contributed by atoms with Gasteiger partial charge in [-0.2, -0.15) is 0 Å². The van der Waals surface area contributed by atoms with E-state index in [0.29, 0.717) is 5.56 Å². The van der Waals surface area contributed by atoms with Crippen LogP contribution in [-0.2, 0) is 0 Å². The van der Waals surface area contributed by atoms with Crippen LogP contribution in [0.5, 0.6) is 5.75 Å². The molecular formula is C14H19FN2O2. The number of piperidine rings is 1. The number of halogens is 1. The average molecular weight is 266 g/mol. The third-order valence-electron chi connectivity index (χ3n) is 3.37. The molecule has 0 radical (unpaired) electrons. The van der Waals surface area contributed by atoms with Crippen LogP contribution in [0.2, 0.25) is 0 Å². The Balaban J connectivity index is 2.01. The van der Waals surface area contributed by atoms with Gasteiger partial charge < -0.3 is 15.0 Å². The fourth-order valence-corrected chi connectivity index (χ4v) is 2.36. The molecule has 0 unspecified atom stereocenters. The Morgan fingerprint density at radius 1 is 1.53 bits per heavy atom. The molecule has 0 bridgehead atoms. The zero-order chi connectivity index (χ0) is 13.8. The molecule has 1 heterocycles. The maximum atomic E-state index is 13.5. The lowest BCUT2D eigenvalue weighted by molar-refractivity contribution is 0.0912. The molecule has 1 atom stereocenters. The summed E-state index contributed by atoms with van der Waals surface area (Å²) in [6.07, 6.45) is 2.03. The summed E-state index contributed by atoms with van der Waals surface area (Å²) in [7, 11) is 3.43. The van der Waals surface area contributed by atoms with Gasteiger partial charge in [-0.05, 0) is 44.6 Å². The van der Waals surface area contributed by atoms with Gasteiger partial charge in [0.15, 0.2) is 11.6 Å². The number of benzene rings is 1. The van der Waals surface area contributed by atoms with E-state index in [2.05, 4.69) is 10.2 Å². The molecular weight excluding hydrogens is 247 g/mol. The lowest BCUT2D eigenvalue weighted by atomic mass is 10.1. The normalized spacial score (nSPS) is 20.1. The third-order valence-corrected chi connectivity index (χ3v) is 3.37. The molecule has 5 heteroatoms. The highest BCUT2D eigenvalue weighted by Crippen LogP contribution is 2.18. The van der Waals surface area contributed by atoms with E-state index >= 15 is 0 Å². The molecule has 1 aliphatic rings. The minimum absolute atomic E-state index is 0.136. The zero-order valence-electron chi connectivity index (χ0n) is 11.3. The summed E-state index contributed by atoms with van der Waals surface area (Å²) in [6.45, 7) is 1.90. The van der Waals surface area contributed by atoms with Crippen molar-refractivity contribution in [1.29, 1.82) is 0 Å². The summed E-state index contributed by atoms with van der Waals surface area (Å²) < 4.78 is 18.4. The molecule has 1 fully saturated rings. The number of ether oxygens (including phenoxy) is 1. The van der Waals surface area contributed by atoms with Crippen molar-refractivity contribution in [2.24, 2.45) is 0 Å². The fourth-order valence-electron chi connectivity index (χ4n) is 2.36. The van der Waals surface area contributed by atoms with Crippen LogP contribution in [0.1, 0.15) is 23.2 Å². The number of likely N-dealkylation sites (tertiary alicyclic amines) is 1. The first-order valence-electron chi connectivity index (χ1n) is 6.43. The van der Waals surface area contributed by atoms with Crippen LogP contribution in [0.4, 0.5) is 4.39 Å². The molecule has 4 nitrogen and oxygen atoms in total. The van der Waals surface area contributed by atoms with Gasteiger partial charge in [0, 0.05) is 18.2 Å². The van der Waals surface area contributed by atoms with Gasteiger partial charge in [0.1, 0.15) is 0 Å². The molecule has 0 aromatic heterocycles. The average Bonchev–Trinajstić information content (AvgIpc) is 2.38. The van der Waals surface area contributed by atoms with E-state index < -0.39 is 5.82 Å². The van der Waals surface area contributed by atoms with Gasteiger partial charge in [0.05, 0.1) is 7.11 Å². The summed E-state index contributed by atoms with van der Waals surface area (Å²) in [6, 6.07) is 4.39. The predicted molar refractivity (Wildman–Crippen MR) is 70.9 cm³/mol. The predicted octanol–water partition coefficient (Wildman–Crippen LogP) is 1.66. The van der Waals surface area contributed by atoms with Crippen LogP contribution in [0.25, 0.3) is 0 Å². The number of hydrogen-bond donors (Lipinski definition) is 1. The van der Waals surface area contributed by atoms with Crippen LogP contribution < -0.4 is 10.1 Å². The second-order valence-corrected chi connectivity index (χ2v) is 4.92. The molecule has 0 spiro atoms. The van der Waals surface area contributed by atoms with Crippen molar-refractivity contribution < 1.29 is 13.9 Å². The van der Waals surface area contributed by atoms with Crippen LogP contribution in [0, 0.1) is 5.82 Å². The SMILES string of the molecule is COc1ccc(C(=O)N[C@@H]2CCCN(C)C2)cc1F. The Hall–Kier alpha value is -1.62. The largest absolute Gasteiger partial charge is 0.494 e. The Morgan fingerprint density at radius 3 is 2.95 bits per heavy atom. The quantitative estimate of drug-likeness (QED) is 0.904. The Kier molecular flexibility index (Phi) is 4.37. The van der Waals surface area contributed by atoms with E-state index in [1.165, 1.54) is 19.2 Å². The number of methoxy groups -OCH3 is 1. The van der Waals surface area contributed by atoms with Crippen LogP contribution >= 0.6 is 0 Å². The van der Waals surface area contributed by atoms with Crippen molar-refractivity contribution in [2.75, 3.05) is 27.2 Å². The van der Waals surface area contributed by atoms with Crippen LogP contribution in [0.15, 0.2) is 18.2 Å². The number of carbonyl (C=O) groups is 1. The molecule has 19 heavy (non-hydrogen) atoms. The van der Waals surface area contributed by atoms with Gasteiger partial charge in [-0.15, -0.1) is 0 Å². The summed E-state index contributed by atoms with van der Waals surface area (Å²) in [4.78, 5) is 14.2. The van der Waals surface area contributed by atoms with Crippen molar-refractivity contribution in [1.82, 2.24) is 10.2 Å². The summed E-state index contributed by atoms with van der Waals surface area (Å²) in [5.74, 6) is -0.605. The Bertz CT molecular complexity index is 465. The topological polar surface area (TPSA) is 41.6 Å². The summed E-state index contributed by atoms with van der Waals surface area (Å²) in [5, 5.41) is 2.94. The van der Waals surface area contributed by atoms with Gasteiger partial charge in [-0.1, -0.05) is 0 Å². The van der Waals surface area contributed by atoms with Crippen molar-refractivity contribution in [3.63, 3.8) is 0 Å². The first-order chi connectivity index (χ1) is 9.10. The number of nitrogens with one attached hydrogen (secondary N) is 1. The molecule has 1 N–H and O–H groups in total. The Morgan fingerprint density at radius 2 is 2.32 bits per heavy atom. The van der Waals surface area contributed by atoms with Gasteiger partial charge in [0.2, 0.25) is 0 Å². The highest BCUT2D eigenvalue weighted by atomic mass is 19.1. The molecule has 2 rings (SSSR count). The Labute approximate surface area is 112 Å². The highest BCUT2D eigenvalue weighted by molar-refractivity contribution is 5.94. The van der Waals surface area contributed by atoms with Crippen molar-refractivity contribution in [2.45, 2.75) is 18.9 Å². The number of hydrogen-bond acceptors (Lipinski definition) is 3. The minimum atomic E-state index is -0.518. The van der Waals surface area contributed by atoms with Gasteiger partial charge in [-0.3, -0.25) is 4.79 Å². The lowest BCUT2D eigenvalue weighted by Crippen LogP contribution is -2.46. The molecule has 1 aromatic carbocycles. The molecule has 104 valence electrons. The van der Waals surface area contributed by atoms with Crippen molar-refractivity contribution in [3.8, 4) is 5.75 Å². The molecule has 1 aromatic rings. The maximum absolute atomic E-state index is 13.5. The molecule has 1 saturated heterocycles. The van der Waals surface area contributed by atoms with Crippen LogP contribution in [-0.4, -0.2) is 44.1 Å².